The van der Waals surface area contributed by atoms with Crippen LogP contribution in [0.5, 0.6) is 0 Å². The molecule has 1 aromatic carbocycles. The van der Waals surface area contributed by atoms with Crippen molar-refractivity contribution in [3.05, 3.63) is 48.3 Å². The summed E-state index contributed by atoms with van der Waals surface area (Å²) in [5.41, 5.74) is 3.44. The number of ether oxygens (including phenoxy) is 1. The second-order valence-electron chi connectivity index (χ2n) is 7.23. The summed E-state index contributed by atoms with van der Waals surface area (Å²) in [7, 11) is 0. The minimum Gasteiger partial charge on any atom is -0.376 e. The van der Waals surface area contributed by atoms with Gasteiger partial charge < -0.3 is 10.1 Å². The lowest BCUT2D eigenvalue weighted by atomic mass is 10.0. The van der Waals surface area contributed by atoms with Crippen LogP contribution in [0.15, 0.2) is 42.7 Å². The molecule has 132 valence electrons. The molecule has 0 spiro atoms. The van der Waals surface area contributed by atoms with Crippen LogP contribution >= 0.6 is 0 Å². The third-order valence-electron chi connectivity index (χ3n) is 5.34. The number of nitrogens with zero attached hydrogens (tertiary/aromatic N) is 3. The van der Waals surface area contributed by atoms with E-state index in [9.17, 15) is 0 Å². The highest BCUT2D eigenvalue weighted by Crippen LogP contribution is 2.40. The van der Waals surface area contributed by atoms with Gasteiger partial charge in [-0.1, -0.05) is 24.3 Å². The lowest BCUT2D eigenvalue weighted by molar-refractivity contribution is 0.120. The second kappa shape index (κ2) is 6.65. The molecule has 5 heteroatoms. The van der Waals surface area contributed by atoms with Crippen molar-refractivity contribution in [3.63, 3.8) is 0 Å². The van der Waals surface area contributed by atoms with Gasteiger partial charge in [0, 0.05) is 41.9 Å². The van der Waals surface area contributed by atoms with E-state index in [-0.39, 0.29) is 6.10 Å². The molecule has 2 fully saturated rings. The molecule has 1 aliphatic carbocycles. The molecule has 0 bridgehead atoms. The third-order valence-corrected chi connectivity index (χ3v) is 5.34. The van der Waals surface area contributed by atoms with Crippen LogP contribution < -0.4 is 5.32 Å². The number of pyridine rings is 1. The number of fused-ring (bicyclic) bond motifs is 1. The predicted octanol–water partition coefficient (Wildman–Crippen LogP) is 4.16. The fraction of sp³-hybridized carbons (Fsp3) is 0.381. The molecule has 0 unspecified atom stereocenters. The monoisotopic (exact) mass is 346 g/mol. The van der Waals surface area contributed by atoms with Crippen molar-refractivity contribution in [2.24, 2.45) is 0 Å². The summed E-state index contributed by atoms with van der Waals surface area (Å²) in [6.07, 6.45) is 8.81. The molecule has 1 N–H and O–H groups in total. The maximum absolute atomic E-state index is 5.69. The summed E-state index contributed by atoms with van der Waals surface area (Å²) in [4.78, 5) is 4.29. The average molecular weight is 346 g/mol. The molecule has 2 aliphatic rings. The number of benzene rings is 1. The molecule has 0 radical (unpaired) electrons. The van der Waals surface area contributed by atoms with Gasteiger partial charge in [-0.3, -0.25) is 4.98 Å². The van der Waals surface area contributed by atoms with Crippen molar-refractivity contribution in [2.75, 3.05) is 18.5 Å². The van der Waals surface area contributed by atoms with E-state index in [0.717, 1.165) is 59.8 Å². The zero-order valence-electron chi connectivity index (χ0n) is 14.7. The molecule has 1 saturated heterocycles. The van der Waals surface area contributed by atoms with Gasteiger partial charge >= 0.3 is 0 Å². The van der Waals surface area contributed by atoms with Crippen molar-refractivity contribution >= 4 is 16.6 Å². The van der Waals surface area contributed by atoms with Gasteiger partial charge in [0.25, 0.3) is 0 Å². The van der Waals surface area contributed by atoms with Crippen molar-refractivity contribution in [2.45, 2.75) is 37.7 Å². The highest BCUT2D eigenvalue weighted by Gasteiger charge is 2.23. The van der Waals surface area contributed by atoms with Crippen LogP contribution in [0.4, 0.5) is 5.82 Å². The van der Waals surface area contributed by atoms with Gasteiger partial charge in [0.2, 0.25) is 0 Å². The summed E-state index contributed by atoms with van der Waals surface area (Å²) in [5.74, 6) is 1.54. The first-order chi connectivity index (χ1) is 12.9. The normalized spacial score (nSPS) is 19.8. The Morgan fingerprint density at radius 3 is 2.65 bits per heavy atom. The molecule has 3 heterocycles. The van der Waals surface area contributed by atoms with Crippen LogP contribution in [-0.2, 0) is 4.74 Å². The quantitative estimate of drug-likeness (QED) is 0.752. The van der Waals surface area contributed by atoms with Gasteiger partial charge in [-0.25, -0.2) is 0 Å². The van der Waals surface area contributed by atoms with Crippen LogP contribution in [0, 0.1) is 0 Å². The fourth-order valence-electron chi connectivity index (χ4n) is 3.69. The van der Waals surface area contributed by atoms with Crippen molar-refractivity contribution in [1.82, 2.24) is 15.2 Å². The van der Waals surface area contributed by atoms with Crippen LogP contribution in [0.1, 0.15) is 37.2 Å². The Morgan fingerprint density at radius 2 is 1.88 bits per heavy atom. The lowest BCUT2D eigenvalue weighted by Gasteiger charge is -2.14. The summed E-state index contributed by atoms with van der Waals surface area (Å²) < 4.78 is 5.69. The summed E-state index contributed by atoms with van der Waals surface area (Å²) in [6, 6.07) is 10.8. The van der Waals surface area contributed by atoms with E-state index in [1.165, 1.54) is 18.4 Å². The first-order valence-electron chi connectivity index (χ1n) is 9.45. The molecular weight excluding hydrogens is 324 g/mol. The number of aromatic nitrogens is 3. The first kappa shape index (κ1) is 15.7. The number of rotatable bonds is 5. The SMILES string of the molecule is c1cc2c(-c3ccc(C4CC4)cc3)nnc(NC[C@H]3CCCO3)c2cn1. The Labute approximate surface area is 152 Å². The van der Waals surface area contributed by atoms with E-state index < -0.39 is 0 Å². The van der Waals surface area contributed by atoms with Crippen LogP contribution in [-0.4, -0.2) is 34.4 Å². The Kier molecular flexibility index (Phi) is 4.02. The third kappa shape index (κ3) is 3.03. The Hall–Kier alpha value is -2.53. The second-order valence-corrected chi connectivity index (χ2v) is 7.23. The van der Waals surface area contributed by atoms with E-state index in [4.69, 9.17) is 4.74 Å². The zero-order valence-corrected chi connectivity index (χ0v) is 14.7. The Morgan fingerprint density at radius 1 is 1.00 bits per heavy atom. The van der Waals surface area contributed by atoms with Gasteiger partial charge in [-0.05, 0) is 43.2 Å². The van der Waals surface area contributed by atoms with Crippen LogP contribution in [0.2, 0.25) is 0 Å². The topological polar surface area (TPSA) is 59.9 Å². The van der Waals surface area contributed by atoms with Crippen molar-refractivity contribution in [1.29, 1.82) is 0 Å². The molecule has 1 aliphatic heterocycles. The average Bonchev–Trinajstić information content (AvgIpc) is 3.42. The highest BCUT2D eigenvalue weighted by molar-refractivity contribution is 5.99. The Bertz CT molecular complexity index is 915. The fourth-order valence-corrected chi connectivity index (χ4v) is 3.69. The number of hydrogen-bond acceptors (Lipinski definition) is 5. The smallest absolute Gasteiger partial charge is 0.158 e. The molecule has 2 aromatic heterocycles. The summed E-state index contributed by atoms with van der Waals surface area (Å²) in [6.45, 7) is 1.62. The molecule has 5 nitrogen and oxygen atoms in total. The molecule has 26 heavy (non-hydrogen) atoms. The van der Waals surface area contributed by atoms with Gasteiger partial charge in [0.05, 0.1) is 6.10 Å². The molecule has 1 atom stereocenters. The molecule has 3 aromatic rings. The van der Waals surface area contributed by atoms with Gasteiger partial charge in [0.1, 0.15) is 5.69 Å². The predicted molar refractivity (Wildman–Crippen MR) is 102 cm³/mol. The van der Waals surface area contributed by atoms with E-state index in [1.54, 1.807) is 0 Å². The molecule has 0 amide bonds. The largest absolute Gasteiger partial charge is 0.376 e. The Balaban J connectivity index is 1.47. The molecule has 1 saturated carbocycles. The standard InChI is InChI=1S/C21H22N4O/c1-2-17(26-11-1)12-23-21-19-13-22-10-9-18(19)20(24-25-21)16-7-5-15(6-8-16)14-3-4-14/h5-10,13-14,17H,1-4,11-12H2,(H,23,25)/t17-/m1/s1. The number of hydrogen-bond donors (Lipinski definition) is 1. The van der Waals surface area contributed by atoms with Crippen LogP contribution in [0.25, 0.3) is 22.0 Å². The maximum atomic E-state index is 5.69. The van der Waals surface area contributed by atoms with E-state index in [2.05, 4.69) is 44.8 Å². The van der Waals surface area contributed by atoms with E-state index >= 15 is 0 Å². The molecule has 5 rings (SSSR count). The highest BCUT2D eigenvalue weighted by atomic mass is 16.5. The first-order valence-corrected chi connectivity index (χ1v) is 9.45. The minimum absolute atomic E-state index is 0.262. The van der Waals surface area contributed by atoms with E-state index in [1.807, 2.05) is 18.5 Å². The molecular formula is C21H22N4O. The van der Waals surface area contributed by atoms with Gasteiger partial charge in [0.15, 0.2) is 5.82 Å². The zero-order chi connectivity index (χ0) is 17.3. The van der Waals surface area contributed by atoms with Gasteiger partial charge in [-0.15, -0.1) is 10.2 Å². The van der Waals surface area contributed by atoms with Crippen molar-refractivity contribution < 1.29 is 4.74 Å². The number of anilines is 1. The minimum atomic E-state index is 0.262. The van der Waals surface area contributed by atoms with E-state index in [0.29, 0.717) is 0 Å². The summed E-state index contributed by atoms with van der Waals surface area (Å²) >= 11 is 0. The summed E-state index contributed by atoms with van der Waals surface area (Å²) in [5, 5.41) is 14.5. The lowest BCUT2D eigenvalue weighted by Crippen LogP contribution is -2.19. The maximum Gasteiger partial charge on any atom is 0.158 e. The van der Waals surface area contributed by atoms with Gasteiger partial charge in [-0.2, -0.15) is 0 Å². The van der Waals surface area contributed by atoms with Crippen molar-refractivity contribution in [3.8, 4) is 11.3 Å². The number of nitrogens with one attached hydrogen (secondary N) is 1. The van der Waals surface area contributed by atoms with Crippen LogP contribution in [0.3, 0.4) is 0 Å².